The van der Waals surface area contributed by atoms with Crippen molar-refractivity contribution in [2.45, 2.75) is 46.5 Å². The first kappa shape index (κ1) is 14.5. The summed E-state index contributed by atoms with van der Waals surface area (Å²) in [6.45, 7) is 8.29. The van der Waals surface area contributed by atoms with Crippen LogP contribution in [0.2, 0.25) is 0 Å². The van der Waals surface area contributed by atoms with Crippen molar-refractivity contribution in [2.24, 2.45) is 23.0 Å². The van der Waals surface area contributed by atoms with E-state index in [0.717, 1.165) is 31.2 Å². The molecule has 1 aliphatic carbocycles. The maximum Gasteiger partial charge on any atom is 0.222 e. The van der Waals surface area contributed by atoms with Gasteiger partial charge in [0.2, 0.25) is 5.91 Å². The Morgan fingerprint density at radius 1 is 1.41 bits per heavy atom. The van der Waals surface area contributed by atoms with Gasteiger partial charge in [-0.2, -0.15) is 0 Å². The number of rotatable bonds is 7. The van der Waals surface area contributed by atoms with Crippen molar-refractivity contribution in [3.8, 4) is 0 Å². The molecule has 0 saturated heterocycles. The molecule has 3 heteroatoms. The Balaban J connectivity index is 2.23. The molecule has 0 aromatic heterocycles. The van der Waals surface area contributed by atoms with Crippen LogP contribution in [0.25, 0.3) is 0 Å². The molecule has 2 unspecified atom stereocenters. The number of nitrogens with zero attached hydrogens (tertiary/aromatic N) is 1. The molecule has 17 heavy (non-hydrogen) atoms. The molecule has 0 bridgehead atoms. The van der Waals surface area contributed by atoms with Crippen LogP contribution in [-0.2, 0) is 4.79 Å². The fourth-order valence-corrected chi connectivity index (χ4v) is 2.26. The van der Waals surface area contributed by atoms with Crippen LogP contribution in [0.4, 0.5) is 0 Å². The summed E-state index contributed by atoms with van der Waals surface area (Å²) in [7, 11) is 1.93. The Hall–Kier alpha value is -0.570. The number of nitrogens with two attached hydrogens (primary N) is 1. The average Bonchev–Trinajstić information content (AvgIpc) is 2.90. The van der Waals surface area contributed by atoms with Gasteiger partial charge in [0.15, 0.2) is 0 Å². The van der Waals surface area contributed by atoms with Crippen LogP contribution < -0.4 is 5.73 Å². The summed E-state index contributed by atoms with van der Waals surface area (Å²) < 4.78 is 0. The van der Waals surface area contributed by atoms with Crippen LogP contribution in [0, 0.1) is 17.3 Å². The Morgan fingerprint density at radius 3 is 2.47 bits per heavy atom. The lowest BCUT2D eigenvalue weighted by Crippen LogP contribution is -2.30. The molecule has 3 nitrogen and oxygen atoms in total. The quantitative estimate of drug-likeness (QED) is 0.742. The van der Waals surface area contributed by atoms with E-state index >= 15 is 0 Å². The monoisotopic (exact) mass is 240 g/mol. The minimum absolute atomic E-state index is 0.193. The zero-order valence-electron chi connectivity index (χ0n) is 11.8. The van der Waals surface area contributed by atoms with Crippen molar-refractivity contribution in [3.05, 3.63) is 0 Å². The second-order valence-corrected chi connectivity index (χ2v) is 6.45. The first-order chi connectivity index (χ1) is 7.85. The maximum atomic E-state index is 12.0. The Bertz CT molecular complexity index is 263. The molecule has 0 heterocycles. The third-order valence-electron chi connectivity index (χ3n) is 4.05. The van der Waals surface area contributed by atoms with Crippen LogP contribution in [0.3, 0.4) is 0 Å². The molecule has 0 radical (unpaired) electrons. The zero-order chi connectivity index (χ0) is 13.1. The van der Waals surface area contributed by atoms with Crippen molar-refractivity contribution in [3.63, 3.8) is 0 Å². The maximum absolute atomic E-state index is 12.0. The number of amides is 1. The first-order valence-electron chi connectivity index (χ1n) is 6.80. The highest BCUT2D eigenvalue weighted by molar-refractivity contribution is 5.75. The fourth-order valence-electron chi connectivity index (χ4n) is 2.26. The van der Waals surface area contributed by atoms with Crippen molar-refractivity contribution < 1.29 is 4.79 Å². The molecule has 2 atom stereocenters. The molecule has 0 aliphatic heterocycles. The molecule has 1 aliphatic rings. The molecular formula is C14H28N2O. The lowest BCUT2D eigenvalue weighted by molar-refractivity contribution is -0.130. The van der Waals surface area contributed by atoms with Crippen molar-refractivity contribution in [1.29, 1.82) is 0 Å². The third kappa shape index (κ3) is 5.07. The number of hydrogen-bond donors (Lipinski definition) is 1. The van der Waals surface area contributed by atoms with Gasteiger partial charge in [-0.25, -0.2) is 0 Å². The minimum atomic E-state index is 0.193. The highest BCUT2D eigenvalue weighted by Crippen LogP contribution is 2.38. The summed E-state index contributed by atoms with van der Waals surface area (Å²) in [5.41, 5.74) is 5.77. The second kappa shape index (κ2) is 5.85. The van der Waals surface area contributed by atoms with Crippen molar-refractivity contribution >= 4 is 5.91 Å². The number of hydrogen-bond acceptors (Lipinski definition) is 2. The van der Waals surface area contributed by atoms with Crippen LogP contribution in [0.5, 0.6) is 0 Å². The van der Waals surface area contributed by atoms with Gasteiger partial charge in [-0.3, -0.25) is 4.79 Å². The van der Waals surface area contributed by atoms with E-state index in [0.29, 0.717) is 13.0 Å². The van der Waals surface area contributed by atoms with Gasteiger partial charge in [-0.05, 0) is 43.1 Å². The topological polar surface area (TPSA) is 46.3 Å². The molecule has 0 aromatic carbocycles. The summed E-state index contributed by atoms with van der Waals surface area (Å²) in [6, 6.07) is 0. The summed E-state index contributed by atoms with van der Waals surface area (Å²) in [5, 5.41) is 0. The Kier molecular flexibility index (Phi) is 4.99. The van der Waals surface area contributed by atoms with Crippen LogP contribution >= 0.6 is 0 Å². The lowest BCUT2D eigenvalue weighted by atomic mass is 9.84. The predicted octanol–water partition coefficient (Wildman–Crippen LogP) is 2.26. The highest BCUT2D eigenvalue weighted by atomic mass is 16.2. The number of carbonyl (C=O) groups excluding carboxylic acids is 1. The summed E-state index contributed by atoms with van der Waals surface area (Å²) in [6.07, 6.45) is 3.87. The van der Waals surface area contributed by atoms with Gasteiger partial charge in [0.05, 0.1) is 0 Å². The van der Waals surface area contributed by atoms with Gasteiger partial charge < -0.3 is 10.6 Å². The Labute approximate surface area is 106 Å². The molecule has 2 N–H and O–H groups in total. The van der Waals surface area contributed by atoms with E-state index in [1.54, 1.807) is 0 Å². The van der Waals surface area contributed by atoms with Crippen LogP contribution in [-0.4, -0.2) is 30.9 Å². The molecule has 0 spiro atoms. The minimum Gasteiger partial charge on any atom is -0.345 e. The Morgan fingerprint density at radius 2 is 2.00 bits per heavy atom. The highest BCUT2D eigenvalue weighted by Gasteiger charge is 2.34. The molecule has 1 saturated carbocycles. The zero-order valence-corrected chi connectivity index (χ0v) is 11.8. The van der Waals surface area contributed by atoms with Gasteiger partial charge in [0.1, 0.15) is 0 Å². The summed E-state index contributed by atoms with van der Waals surface area (Å²) >= 11 is 0. The smallest absolute Gasteiger partial charge is 0.222 e. The normalized spacial score (nSPS) is 23.6. The SMILES string of the molecule is CC1CC1CN(C)C(=O)CCC(C)(C)CCN. The second-order valence-electron chi connectivity index (χ2n) is 6.45. The van der Waals surface area contributed by atoms with E-state index in [4.69, 9.17) is 5.73 Å². The number of carbonyl (C=O) groups is 1. The lowest BCUT2D eigenvalue weighted by Gasteiger charge is -2.25. The third-order valence-corrected chi connectivity index (χ3v) is 4.05. The van der Waals surface area contributed by atoms with Gasteiger partial charge in [0.25, 0.3) is 0 Å². The molecular weight excluding hydrogens is 212 g/mol. The largest absolute Gasteiger partial charge is 0.345 e. The van der Waals surface area contributed by atoms with Gasteiger partial charge in [0, 0.05) is 20.0 Å². The van der Waals surface area contributed by atoms with E-state index in [2.05, 4.69) is 20.8 Å². The summed E-state index contributed by atoms with van der Waals surface area (Å²) in [5.74, 6) is 1.86. The predicted molar refractivity (Wildman–Crippen MR) is 71.6 cm³/mol. The summed E-state index contributed by atoms with van der Waals surface area (Å²) in [4.78, 5) is 13.9. The van der Waals surface area contributed by atoms with Crippen molar-refractivity contribution in [1.82, 2.24) is 4.90 Å². The van der Waals surface area contributed by atoms with E-state index in [1.165, 1.54) is 6.42 Å². The molecule has 1 fully saturated rings. The van der Waals surface area contributed by atoms with E-state index in [-0.39, 0.29) is 11.3 Å². The molecule has 1 amide bonds. The van der Waals surface area contributed by atoms with Gasteiger partial charge >= 0.3 is 0 Å². The van der Waals surface area contributed by atoms with Crippen LogP contribution in [0.15, 0.2) is 0 Å². The van der Waals surface area contributed by atoms with E-state index in [1.807, 2.05) is 11.9 Å². The van der Waals surface area contributed by atoms with Crippen LogP contribution in [0.1, 0.15) is 46.5 Å². The molecule has 1 rings (SSSR count). The van der Waals surface area contributed by atoms with Gasteiger partial charge in [-0.15, -0.1) is 0 Å². The molecule has 100 valence electrons. The first-order valence-corrected chi connectivity index (χ1v) is 6.80. The van der Waals surface area contributed by atoms with Crippen molar-refractivity contribution in [2.75, 3.05) is 20.1 Å². The fraction of sp³-hybridized carbons (Fsp3) is 0.929. The van der Waals surface area contributed by atoms with E-state index < -0.39 is 0 Å². The van der Waals surface area contributed by atoms with Gasteiger partial charge in [-0.1, -0.05) is 20.8 Å². The standard InChI is InChI=1S/C14H28N2O/c1-11-9-12(11)10-16(4)13(17)5-6-14(2,3)7-8-15/h11-12H,5-10,15H2,1-4H3. The van der Waals surface area contributed by atoms with E-state index in [9.17, 15) is 4.79 Å². The molecule has 0 aromatic rings. The average molecular weight is 240 g/mol.